The van der Waals surface area contributed by atoms with Gasteiger partial charge >= 0.3 is 29.8 Å². The van der Waals surface area contributed by atoms with Gasteiger partial charge in [-0.3, -0.25) is 14.4 Å². The second kappa shape index (κ2) is 7.31. The molecule has 0 aliphatic carbocycles. The molecule has 0 amide bonds. The Bertz CT molecular complexity index is 450. The Labute approximate surface area is 116 Å². The van der Waals surface area contributed by atoms with E-state index in [9.17, 15) is 24.0 Å². The van der Waals surface area contributed by atoms with E-state index in [-0.39, 0.29) is 6.42 Å². The van der Waals surface area contributed by atoms with Crippen LogP contribution in [0.15, 0.2) is 0 Å². The number of aliphatic hydroxyl groups is 2. The van der Waals surface area contributed by atoms with Crippen LogP contribution >= 0.6 is 0 Å². The van der Waals surface area contributed by atoms with Crippen molar-refractivity contribution < 1.29 is 54.2 Å². The molecule has 11 nitrogen and oxygen atoms in total. The van der Waals surface area contributed by atoms with Gasteiger partial charge < -0.3 is 30.3 Å². The summed E-state index contributed by atoms with van der Waals surface area (Å²) in [5, 5.41) is 42.3. The molecule has 1 aliphatic rings. The summed E-state index contributed by atoms with van der Waals surface area (Å²) in [6.07, 6.45) is -3.70. The zero-order chi connectivity index (χ0) is 16.8. The summed E-state index contributed by atoms with van der Waals surface area (Å²) >= 11 is 0. The summed E-state index contributed by atoms with van der Waals surface area (Å²) in [6.45, 7) is 0. The second-order valence-electron chi connectivity index (χ2n) is 3.99. The first-order valence-corrected chi connectivity index (χ1v) is 5.30. The fourth-order valence-corrected chi connectivity index (χ4v) is 1.18. The smallest absolute Gasteiger partial charge is 0.343 e. The number of hydrogen-bond acceptors (Lipinski definition) is 8. The van der Waals surface area contributed by atoms with Gasteiger partial charge in [0.05, 0.1) is 19.3 Å². The van der Waals surface area contributed by atoms with Crippen molar-refractivity contribution in [2.45, 2.75) is 31.0 Å². The first-order chi connectivity index (χ1) is 9.47. The molecular formula is C10H12O11. The third kappa shape index (κ3) is 6.44. The maximum absolute atomic E-state index is 10.3. The molecule has 118 valence electrons. The van der Waals surface area contributed by atoms with Gasteiger partial charge in [-0.1, -0.05) is 0 Å². The molecule has 0 saturated carbocycles. The lowest BCUT2D eigenvalue weighted by Gasteiger charge is -2.18. The Morgan fingerprint density at radius 2 is 1.52 bits per heavy atom. The van der Waals surface area contributed by atoms with Gasteiger partial charge in [0.25, 0.3) is 0 Å². The van der Waals surface area contributed by atoms with Crippen molar-refractivity contribution >= 4 is 29.8 Å². The number of esters is 2. The third-order valence-corrected chi connectivity index (χ3v) is 2.13. The Morgan fingerprint density at radius 1 is 1.10 bits per heavy atom. The van der Waals surface area contributed by atoms with E-state index in [1.54, 1.807) is 0 Å². The fourth-order valence-electron chi connectivity index (χ4n) is 1.18. The lowest BCUT2D eigenvalue weighted by molar-refractivity contribution is -0.170. The molecule has 5 N–H and O–H groups in total. The van der Waals surface area contributed by atoms with Gasteiger partial charge in [-0.15, -0.1) is 0 Å². The van der Waals surface area contributed by atoms with Crippen LogP contribution in [0.4, 0.5) is 0 Å². The predicted octanol–water partition coefficient (Wildman–Crippen LogP) is -2.43. The van der Waals surface area contributed by atoms with Crippen molar-refractivity contribution in [3.05, 3.63) is 0 Å². The molecule has 1 unspecified atom stereocenters. The number of rotatable bonds is 5. The number of carboxylic acids is 3. The van der Waals surface area contributed by atoms with E-state index in [4.69, 9.17) is 25.5 Å². The van der Waals surface area contributed by atoms with E-state index in [2.05, 4.69) is 4.74 Å². The minimum atomic E-state index is -2.74. The van der Waals surface area contributed by atoms with E-state index in [1.807, 2.05) is 0 Å². The number of carbonyl (C=O) groups is 5. The average molecular weight is 308 g/mol. The summed E-state index contributed by atoms with van der Waals surface area (Å²) in [5.74, 6) is -6.51. The zero-order valence-electron chi connectivity index (χ0n) is 10.4. The Balaban J connectivity index is 0.000000423. The van der Waals surface area contributed by atoms with Crippen molar-refractivity contribution in [2.75, 3.05) is 0 Å². The average Bonchev–Trinajstić information content (AvgIpc) is 2.54. The molecule has 1 aliphatic heterocycles. The highest BCUT2D eigenvalue weighted by Crippen LogP contribution is 2.15. The van der Waals surface area contributed by atoms with Crippen LogP contribution in [0.5, 0.6) is 0 Å². The first-order valence-electron chi connectivity index (χ1n) is 5.30. The Kier molecular flexibility index (Phi) is 6.42. The van der Waals surface area contributed by atoms with Gasteiger partial charge in [0.1, 0.15) is 0 Å². The lowest BCUT2D eigenvalue weighted by atomic mass is 9.96. The van der Waals surface area contributed by atoms with Gasteiger partial charge in [0, 0.05) is 0 Å². The number of aliphatic carboxylic acids is 3. The van der Waals surface area contributed by atoms with Gasteiger partial charge in [-0.2, -0.15) is 0 Å². The summed E-state index contributed by atoms with van der Waals surface area (Å²) in [5.41, 5.74) is -2.74. The largest absolute Gasteiger partial charge is 0.481 e. The lowest BCUT2D eigenvalue weighted by Crippen LogP contribution is -2.42. The molecule has 0 bridgehead atoms. The number of carbonyl (C=O) groups excluding carboxylic acids is 2. The van der Waals surface area contributed by atoms with Crippen molar-refractivity contribution in [1.29, 1.82) is 0 Å². The second-order valence-corrected chi connectivity index (χ2v) is 3.99. The van der Waals surface area contributed by atoms with E-state index in [1.165, 1.54) is 0 Å². The van der Waals surface area contributed by atoms with Crippen molar-refractivity contribution in [3.8, 4) is 0 Å². The summed E-state index contributed by atoms with van der Waals surface area (Å²) < 4.78 is 3.95. The minimum absolute atomic E-state index is 0.196. The summed E-state index contributed by atoms with van der Waals surface area (Å²) in [6, 6.07) is 0. The van der Waals surface area contributed by atoms with E-state index in [0.29, 0.717) is 0 Å². The van der Waals surface area contributed by atoms with Crippen LogP contribution in [-0.2, 0) is 28.7 Å². The number of hydrogen-bond donors (Lipinski definition) is 5. The fraction of sp³-hybridized carbons (Fsp3) is 0.500. The monoisotopic (exact) mass is 308 g/mol. The molecule has 1 rings (SSSR count). The van der Waals surface area contributed by atoms with E-state index in [0.717, 1.165) is 0 Å². The summed E-state index contributed by atoms with van der Waals surface area (Å²) in [7, 11) is 0. The van der Waals surface area contributed by atoms with Gasteiger partial charge in [-0.25, -0.2) is 9.59 Å². The number of cyclic esters (lactones) is 2. The van der Waals surface area contributed by atoms with Crippen LogP contribution in [-0.4, -0.2) is 67.1 Å². The molecule has 0 radical (unpaired) electrons. The van der Waals surface area contributed by atoms with Crippen LogP contribution in [0.25, 0.3) is 0 Å². The number of aliphatic hydroxyl groups excluding tert-OH is 1. The zero-order valence-corrected chi connectivity index (χ0v) is 10.4. The first kappa shape index (κ1) is 18.5. The normalized spacial score (nSPS) is 17.5. The third-order valence-electron chi connectivity index (χ3n) is 2.13. The van der Waals surface area contributed by atoms with E-state index < -0.39 is 54.4 Å². The van der Waals surface area contributed by atoms with Crippen LogP contribution in [0.3, 0.4) is 0 Å². The number of ether oxygens (including phenoxy) is 1. The maximum Gasteiger partial charge on any atom is 0.343 e. The Hall–Kier alpha value is -2.53. The Morgan fingerprint density at radius 3 is 1.67 bits per heavy atom. The van der Waals surface area contributed by atoms with Crippen molar-refractivity contribution in [3.63, 3.8) is 0 Å². The van der Waals surface area contributed by atoms with Gasteiger partial charge in [0.2, 0.25) is 0 Å². The maximum atomic E-state index is 10.3. The van der Waals surface area contributed by atoms with Gasteiger partial charge in [-0.05, 0) is 0 Å². The molecule has 1 atom stereocenters. The quantitative estimate of drug-likeness (QED) is 0.267. The highest BCUT2D eigenvalue weighted by atomic mass is 16.6. The topological polar surface area (TPSA) is 196 Å². The molecule has 1 saturated heterocycles. The molecule has 11 heteroatoms. The molecule has 0 aromatic rings. The molecular weight excluding hydrogens is 296 g/mol. The molecule has 0 aromatic carbocycles. The van der Waals surface area contributed by atoms with Gasteiger partial charge in [0.15, 0.2) is 11.7 Å². The summed E-state index contributed by atoms with van der Waals surface area (Å²) in [4.78, 5) is 50.6. The minimum Gasteiger partial charge on any atom is -0.481 e. The molecule has 0 aromatic heterocycles. The van der Waals surface area contributed by atoms with Crippen LogP contribution < -0.4 is 0 Å². The number of carboxylic acid groups (broad SMARTS) is 3. The molecule has 1 fully saturated rings. The van der Waals surface area contributed by atoms with Crippen LogP contribution in [0.1, 0.15) is 19.3 Å². The predicted molar refractivity (Wildman–Crippen MR) is 58.8 cm³/mol. The highest BCUT2D eigenvalue weighted by molar-refractivity contribution is 5.95. The SMILES string of the molecule is O=C(O)CC(O)(CC(=O)O)C(=O)O.O=C1CC(O)C(=O)O1. The van der Waals surface area contributed by atoms with Crippen LogP contribution in [0, 0.1) is 0 Å². The molecule has 1 heterocycles. The van der Waals surface area contributed by atoms with Crippen LogP contribution in [0.2, 0.25) is 0 Å². The van der Waals surface area contributed by atoms with Crippen molar-refractivity contribution in [1.82, 2.24) is 0 Å². The van der Waals surface area contributed by atoms with E-state index >= 15 is 0 Å². The standard InChI is InChI=1S/C6H8O7.C4H4O4/c7-3(8)1-6(13,5(11)12)2-4(9)10;5-2-1-3(6)8-4(2)7/h13H,1-2H2,(H,7,8)(H,9,10)(H,11,12);2,5H,1H2. The molecule has 0 spiro atoms. The highest BCUT2D eigenvalue weighted by Gasteiger charge is 2.40. The molecule has 21 heavy (non-hydrogen) atoms. The van der Waals surface area contributed by atoms with Crippen molar-refractivity contribution in [2.24, 2.45) is 0 Å².